The minimum atomic E-state index is -0.0585. The van der Waals surface area contributed by atoms with Gasteiger partial charge in [0.2, 0.25) is 5.95 Å². The molecule has 0 aliphatic carbocycles. The number of nitrogens with zero attached hydrogens (tertiary/aromatic N) is 4. The number of fused-ring (bicyclic) bond motifs is 1. The molecular weight excluding hydrogens is 414 g/mol. The number of aliphatic hydroxyl groups excluding tert-OH is 1. The number of nitrogen functional groups attached to an aromatic ring is 1. The molecule has 0 saturated carbocycles. The molecule has 1 atom stereocenters. The Kier molecular flexibility index (Phi) is 7.80. The molecule has 0 bridgehead atoms. The number of aliphatic hydroxyl groups is 1. The predicted octanol–water partition coefficient (Wildman–Crippen LogP) is 2.74. The minimum absolute atomic E-state index is 0.0553. The molecule has 3 heterocycles. The normalized spacial score (nSPS) is 15.7. The molecule has 0 radical (unpaired) electrons. The molecule has 0 amide bonds. The molecule has 1 aliphatic heterocycles. The maximum absolute atomic E-state index is 9.84. The van der Waals surface area contributed by atoms with Crippen LogP contribution in [0.15, 0.2) is 30.5 Å². The number of piperazine rings is 1. The van der Waals surface area contributed by atoms with Crippen LogP contribution in [-0.2, 0) is 13.1 Å². The summed E-state index contributed by atoms with van der Waals surface area (Å²) < 4.78 is 2.17. The molecule has 4 rings (SSSR count). The highest BCUT2D eigenvalue weighted by Crippen LogP contribution is 2.26. The summed E-state index contributed by atoms with van der Waals surface area (Å²) in [5.41, 5.74) is 11.6. The van der Waals surface area contributed by atoms with Crippen LogP contribution >= 0.6 is 0 Å². The Morgan fingerprint density at radius 2 is 2.00 bits per heavy atom. The van der Waals surface area contributed by atoms with Crippen molar-refractivity contribution in [1.29, 1.82) is 0 Å². The largest absolute Gasteiger partial charge is 0.394 e. The third kappa shape index (κ3) is 5.82. The van der Waals surface area contributed by atoms with Gasteiger partial charge in [-0.05, 0) is 36.1 Å². The zero-order valence-electron chi connectivity index (χ0n) is 19.8. The summed E-state index contributed by atoms with van der Waals surface area (Å²) >= 11 is 0. The summed E-state index contributed by atoms with van der Waals surface area (Å²) in [4.78, 5) is 11.4. The monoisotopic (exact) mass is 451 g/mol. The van der Waals surface area contributed by atoms with Crippen LogP contribution in [0.25, 0.3) is 11.0 Å². The lowest BCUT2D eigenvalue weighted by Crippen LogP contribution is -2.42. The zero-order chi connectivity index (χ0) is 23.2. The van der Waals surface area contributed by atoms with Crippen LogP contribution in [-0.4, -0.2) is 63.4 Å². The van der Waals surface area contributed by atoms with E-state index in [1.54, 1.807) is 0 Å². The number of anilines is 2. The van der Waals surface area contributed by atoms with Gasteiger partial charge in [-0.25, -0.2) is 4.98 Å². The van der Waals surface area contributed by atoms with E-state index in [4.69, 9.17) is 5.73 Å². The first-order valence-corrected chi connectivity index (χ1v) is 12.1. The average Bonchev–Trinajstić information content (AvgIpc) is 3.21. The second-order valence-corrected chi connectivity index (χ2v) is 9.06. The van der Waals surface area contributed by atoms with Gasteiger partial charge < -0.3 is 26.0 Å². The zero-order valence-corrected chi connectivity index (χ0v) is 19.8. The fraction of sp³-hybridized carbons (Fsp3) is 0.520. The van der Waals surface area contributed by atoms with E-state index < -0.39 is 0 Å². The molecule has 5 N–H and O–H groups in total. The number of hydrogen-bond acceptors (Lipinski definition) is 7. The Bertz CT molecular complexity index is 1060. The number of unbranched alkanes of at least 4 members (excludes halogenated alkanes) is 1. The first-order valence-electron chi connectivity index (χ1n) is 12.1. The summed E-state index contributed by atoms with van der Waals surface area (Å²) in [7, 11) is 0. The summed E-state index contributed by atoms with van der Waals surface area (Å²) in [6, 6.07) is 8.71. The number of rotatable bonds is 10. The maximum atomic E-state index is 9.84. The molecule has 0 unspecified atom stereocenters. The van der Waals surface area contributed by atoms with Crippen molar-refractivity contribution in [1.82, 2.24) is 24.8 Å². The van der Waals surface area contributed by atoms with Crippen LogP contribution in [0.3, 0.4) is 0 Å². The molecule has 1 saturated heterocycles. The molecule has 8 nitrogen and oxygen atoms in total. The third-order valence-corrected chi connectivity index (χ3v) is 6.46. The van der Waals surface area contributed by atoms with Gasteiger partial charge in [0, 0.05) is 45.5 Å². The molecule has 33 heavy (non-hydrogen) atoms. The lowest BCUT2D eigenvalue weighted by atomic mass is 10.0. The first-order chi connectivity index (χ1) is 16.1. The Labute approximate surface area is 196 Å². The van der Waals surface area contributed by atoms with Crippen LogP contribution < -0.4 is 16.4 Å². The van der Waals surface area contributed by atoms with Gasteiger partial charge in [0.1, 0.15) is 5.52 Å². The SMILES string of the molecule is CCCC[C@@H](CO)Nc1nc(N)nc2ccn(Cc3ccc(CN4CCNCC4)cc3C)c12. The highest BCUT2D eigenvalue weighted by atomic mass is 16.3. The van der Waals surface area contributed by atoms with Gasteiger partial charge in [-0.2, -0.15) is 4.98 Å². The van der Waals surface area contributed by atoms with Gasteiger partial charge in [0.15, 0.2) is 5.82 Å². The molecule has 1 aromatic carbocycles. The van der Waals surface area contributed by atoms with Gasteiger partial charge in [0.25, 0.3) is 0 Å². The second-order valence-electron chi connectivity index (χ2n) is 9.06. The number of nitrogens with two attached hydrogens (primary N) is 1. The maximum Gasteiger partial charge on any atom is 0.222 e. The van der Waals surface area contributed by atoms with Crippen molar-refractivity contribution in [3.8, 4) is 0 Å². The predicted molar refractivity (Wildman–Crippen MR) is 134 cm³/mol. The standard InChI is InChI=1S/C25H37N7O/c1-3-4-5-21(17-33)28-24-23-22(29-25(26)30-24)8-11-32(23)16-20-7-6-19(14-18(20)2)15-31-12-9-27-10-13-31/h6-8,11,14,21,27,33H,3-5,9-10,12-13,15-17H2,1-2H3,(H3,26,28,29,30)/t21-/m0/s1. The third-order valence-electron chi connectivity index (χ3n) is 6.46. The van der Waals surface area contributed by atoms with Crippen molar-refractivity contribution in [3.05, 3.63) is 47.2 Å². The number of nitrogens with one attached hydrogen (secondary N) is 2. The Balaban J connectivity index is 1.56. The van der Waals surface area contributed by atoms with E-state index in [0.717, 1.165) is 69.6 Å². The van der Waals surface area contributed by atoms with Crippen molar-refractivity contribution >= 4 is 22.8 Å². The van der Waals surface area contributed by atoms with Crippen LogP contribution in [0.4, 0.5) is 11.8 Å². The van der Waals surface area contributed by atoms with E-state index in [1.807, 2.05) is 12.3 Å². The second kappa shape index (κ2) is 11.0. The molecular formula is C25H37N7O. The molecule has 1 fully saturated rings. The van der Waals surface area contributed by atoms with E-state index >= 15 is 0 Å². The van der Waals surface area contributed by atoms with E-state index in [1.165, 1.54) is 16.7 Å². The summed E-state index contributed by atoms with van der Waals surface area (Å²) in [6.07, 6.45) is 5.05. The van der Waals surface area contributed by atoms with Crippen molar-refractivity contribution < 1.29 is 5.11 Å². The summed E-state index contributed by atoms with van der Waals surface area (Å²) in [5.74, 6) is 0.925. The molecule has 8 heteroatoms. The van der Waals surface area contributed by atoms with Crippen LogP contribution in [0.2, 0.25) is 0 Å². The van der Waals surface area contributed by atoms with Crippen molar-refractivity contribution in [2.45, 2.75) is 52.2 Å². The van der Waals surface area contributed by atoms with Gasteiger partial charge in [-0.15, -0.1) is 0 Å². The van der Waals surface area contributed by atoms with Crippen LogP contribution in [0.5, 0.6) is 0 Å². The molecule has 178 valence electrons. The number of aromatic nitrogens is 3. The van der Waals surface area contributed by atoms with Crippen molar-refractivity contribution in [2.75, 3.05) is 43.8 Å². The van der Waals surface area contributed by atoms with Crippen LogP contribution in [0, 0.1) is 6.92 Å². The lowest BCUT2D eigenvalue weighted by molar-refractivity contribution is 0.233. The summed E-state index contributed by atoms with van der Waals surface area (Å²) in [6.45, 7) is 10.4. The Morgan fingerprint density at radius 1 is 1.18 bits per heavy atom. The summed E-state index contributed by atoms with van der Waals surface area (Å²) in [5, 5.41) is 16.7. The Morgan fingerprint density at radius 3 is 2.73 bits per heavy atom. The van der Waals surface area contributed by atoms with E-state index in [2.05, 4.69) is 62.1 Å². The topological polar surface area (TPSA) is 104 Å². The van der Waals surface area contributed by atoms with Gasteiger partial charge in [0.05, 0.1) is 18.2 Å². The minimum Gasteiger partial charge on any atom is -0.394 e. The number of benzene rings is 1. The molecule has 1 aliphatic rings. The van der Waals surface area contributed by atoms with Crippen LogP contribution in [0.1, 0.15) is 42.9 Å². The van der Waals surface area contributed by atoms with Crippen molar-refractivity contribution in [3.63, 3.8) is 0 Å². The highest BCUT2D eigenvalue weighted by Gasteiger charge is 2.16. The smallest absolute Gasteiger partial charge is 0.222 e. The quantitative estimate of drug-likeness (QED) is 0.376. The molecule has 0 spiro atoms. The fourth-order valence-corrected chi connectivity index (χ4v) is 4.55. The average molecular weight is 452 g/mol. The Hall–Kier alpha value is -2.68. The van der Waals surface area contributed by atoms with Gasteiger partial charge >= 0.3 is 0 Å². The number of aryl methyl sites for hydroxylation is 1. The molecule has 3 aromatic rings. The first kappa shape index (κ1) is 23.5. The number of hydrogen-bond donors (Lipinski definition) is 4. The highest BCUT2D eigenvalue weighted by molar-refractivity contribution is 5.87. The van der Waals surface area contributed by atoms with Crippen molar-refractivity contribution in [2.24, 2.45) is 0 Å². The van der Waals surface area contributed by atoms with E-state index in [9.17, 15) is 5.11 Å². The van der Waals surface area contributed by atoms with E-state index in [-0.39, 0.29) is 18.6 Å². The fourth-order valence-electron chi connectivity index (χ4n) is 4.55. The van der Waals surface area contributed by atoms with Gasteiger partial charge in [-0.1, -0.05) is 38.0 Å². The van der Waals surface area contributed by atoms with Gasteiger partial charge in [-0.3, -0.25) is 4.90 Å². The lowest BCUT2D eigenvalue weighted by Gasteiger charge is -2.27. The van der Waals surface area contributed by atoms with E-state index in [0.29, 0.717) is 5.82 Å². The molecule has 2 aromatic heterocycles.